The third-order valence-corrected chi connectivity index (χ3v) is 5.04. The molecule has 0 amide bonds. The van der Waals surface area contributed by atoms with Crippen molar-refractivity contribution in [2.75, 3.05) is 0 Å². The zero-order valence-corrected chi connectivity index (χ0v) is 10.5. The third kappa shape index (κ3) is 3.45. The van der Waals surface area contributed by atoms with Crippen LogP contribution in [0.5, 0.6) is 0 Å². The van der Waals surface area contributed by atoms with Gasteiger partial charge in [-0.25, -0.2) is 13.1 Å². The Morgan fingerprint density at radius 1 is 1.44 bits per heavy atom. The second-order valence-corrected chi connectivity index (χ2v) is 6.33. The highest BCUT2D eigenvalue weighted by Crippen LogP contribution is 2.23. The Morgan fingerprint density at radius 2 is 2.00 bits per heavy atom. The van der Waals surface area contributed by atoms with Crippen molar-refractivity contribution in [2.24, 2.45) is 5.73 Å². The number of rotatable bonds is 5. The van der Waals surface area contributed by atoms with Crippen LogP contribution in [-0.2, 0) is 10.0 Å². The van der Waals surface area contributed by atoms with E-state index in [0.717, 1.165) is 32.1 Å². The van der Waals surface area contributed by atoms with Gasteiger partial charge in [0.25, 0.3) is 0 Å². The molecule has 0 radical (unpaired) electrons. The van der Waals surface area contributed by atoms with Gasteiger partial charge in [-0.1, -0.05) is 26.2 Å². The van der Waals surface area contributed by atoms with Crippen molar-refractivity contribution in [1.82, 2.24) is 4.72 Å². The number of hydrogen-bond donors (Lipinski definition) is 3. The van der Waals surface area contributed by atoms with E-state index in [1.54, 1.807) is 0 Å². The topological polar surface area (TPSA) is 96.0 Å². The van der Waals surface area contributed by atoms with Crippen molar-refractivity contribution < 1.29 is 8.42 Å². The van der Waals surface area contributed by atoms with Gasteiger partial charge in [0.15, 0.2) is 0 Å². The zero-order chi connectivity index (χ0) is 12.2. The minimum absolute atomic E-state index is 0.109. The molecular formula is C10H21N3O2S. The van der Waals surface area contributed by atoms with E-state index < -0.39 is 16.1 Å². The van der Waals surface area contributed by atoms with Gasteiger partial charge in [0.1, 0.15) is 5.84 Å². The summed E-state index contributed by atoms with van der Waals surface area (Å²) in [6.45, 7) is 1.81. The van der Waals surface area contributed by atoms with E-state index in [0.29, 0.717) is 6.42 Å². The van der Waals surface area contributed by atoms with Crippen LogP contribution in [-0.4, -0.2) is 25.5 Å². The van der Waals surface area contributed by atoms with Crippen LogP contribution in [0.2, 0.25) is 0 Å². The summed E-state index contributed by atoms with van der Waals surface area (Å²) in [5.74, 6) is -0.109. The molecule has 6 heteroatoms. The lowest BCUT2D eigenvalue weighted by Crippen LogP contribution is -2.47. The average molecular weight is 247 g/mol. The molecular weight excluding hydrogens is 226 g/mol. The molecule has 1 atom stereocenters. The van der Waals surface area contributed by atoms with E-state index >= 15 is 0 Å². The number of amidine groups is 1. The van der Waals surface area contributed by atoms with Crippen LogP contribution >= 0.6 is 0 Å². The van der Waals surface area contributed by atoms with Gasteiger partial charge >= 0.3 is 0 Å². The zero-order valence-electron chi connectivity index (χ0n) is 9.70. The summed E-state index contributed by atoms with van der Waals surface area (Å²) in [5.41, 5.74) is 5.34. The first-order chi connectivity index (χ1) is 7.47. The number of nitrogens with two attached hydrogens (primary N) is 1. The van der Waals surface area contributed by atoms with Crippen LogP contribution in [0.3, 0.4) is 0 Å². The highest BCUT2D eigenvalue weighted by molar-refractivity contribution is 7.90. The SMILES string of the molecule is CCC(NS(=O)(=O)C1CCCCC1)C(=N)N. The highest BCUT2D eigenvalue weighted by atomic mass is 32.2. The first kappa shape index (κ1) is 13.4. The molecule has 0 spiro atoms. The molecule has 1 saturated carbocycles. The summed E-state index contributed by atoms with van der Waals surface area (Å²) in [6.07, 6.45) is 5.04. The fraction of sp³-hybridized carbons (Fsp3) is 0.900. The minimum Gasteiger partial charge on any atom is -0.386 e. The van der Waals surface area contributed by atoms with E-state index in [4.69, 9.17) is 11.1 Å². The first-order valence-corrected chi connectivity index (χ1v) is 7.37. The average Bonchev–Trinajstić information content (AvgIpc) is 2.27. The monoisotopic (exact) mass is 247 g/mol. The lowest BCUT2D eigenvalue weighted by Gasteiger charge is -2.24. The maximum Gasteiger partial charge on any atom is 0.215 e. The number of sulfonamides is 1. The van der Waals surface area contributed by atoms with Crippen molar-refractivity contribution in [1.29, 1.82) is 5.41 Å². The molecule has 16 heavy (non-hydrogen) atoms. The predicted molar refractivity (Wildman–Crippen MR) is 64.9 cm³/mol. The fourth-order valence-electron chi connectivity index (χ4n) is 2.04. The van der Waals surface area contributed by atoms with Gasteiger partial charge in [-0.3, -0.25) is 5.41 Å². The van der Waals surface area contributed by atoms with Crippen molar-refractivity contribution >= 4 is 15.9 Å². The smallest absolute Gasteiger partial charge is 0.215 e. The molecule has 5 nitrogen and oxygen atoms in total. The first-order valence-electron chi connectivity index (χ1n) is 5.82. The summed E-state index contributed by atoms with van der Waals surface area (Å²) in [5, 5.41) is 7.00. The third-order valence-electron chi connectivity index (χ3n) is 3.08. The normalized spacial score (nSPS) is 20.6. The van der Waals surface area contributed by atoms with Crippen molar-refractivity contribution in [3.05, 3.63) is 0 Å². The standard InChI is InChI=1S/C10H21N3O2S/c1-2-9(10(11)12)13-16(14,15)8-6-4-3-5-7-8/h8-9,13H,2-7H2,1H3,(H3,11,12). The predicted octanol–water partition coefficient (Wildman–Crippen LogP) is 0.953. The van der Waals surface area contributed by atoms with Gasteiger partial charge in [-0.05, 0) is 19.3 Å². The van der Waals surface area contributed by atoms with Crippen LogP contribution in [0.4, 0.5) is 0 Å². The summed E-state index contributed by atoms with van der Waals surface area (Å²) in [4.78, 5) is 0. The van der Waals surface area contributed by atoms with E-state index in [9.17, 15) is 8.42 Å². The molecule has 94 valence electrons. The molecule has 0 aromatic rings. The van der Waals surface area contributed by atoms with Crippen molar-refractivity contribution in [3.63, 3.8) is 0 Å². The molecule has 1 rings (SSSR count). The van der Waals surface area contributed by atoms with E-state index in [-0.39, 0.29) is 11.1 Å². The lowest BCUT2D eigenvalue weighted by molar-refractivity contribution is 0.474. The van der Waals surface area contributed by atoms with Gasteiger partial charge in [0.2, 0.25) is 10.0 Å². The lowest BCUT2D eigenvalue weighted by atomic mass is 10.0. The summed E-state index contributed by atoms with van der Waals surface area (Å²) in [6, 6.07) is -0.549. The molecule has 0 aromatic heterocycles. The molecule has 1 aliphatic carbocycles. The quantitative estimate of drug-likeness (QED) is 0.498. The van der Waals surface area contributed by atoms with Gasteiger partial charge < -0.3 is 5.73 Å². The molecule has 1 unspecified atom stereocenters. The molecule has 1 fully saturated rings. The summed E-state index contributed by atoms with van der Waals surface area (Å²) < 4.78 is 26.5. The molecule has 0 aromatic carbocycles. The minimum atomic E-state index is -3.31. The second-order valence-electron chi connectivity index (χ2n) is 4.34. The van der Waals surface area contributed by atoms with E-state index in [1.807, 2.05) is 6.92 Å². The van der Waals surface area contributed by atoms with Gasteiger partial charge in [-0.2, -0.15) is 0 Å². The molecule has 0 heterocycles. The van der Waals surface area contributed by atoms with Crippen LogP contribution < -0.4 is 10.5 Å². The Morgan fingerprint density at radius 3 is 2.44 bits per heavy atom. The molecule has 1 aliphatic rings. The van der Waals surface area contributed by atoms with Crippen molar-refractivity contribution in [3.8, 4) is 0 Å². The van der Waals surface area contributed by atoms with Crippen LogP contribution in [0.15, 0.2) is 0 Å². The number of hydrogen-bond acceptors (Lipinski definition) is 3. The Bertz CT molecular complexity index is 334. The molecule has 4 N–H and O–H groups in total. The second kappa shape index (κ2) is 5.63. The largest absolute Gasteiger partial charge is 0.386 e. The summed E-state index contributed by atoms with van der Waals surface area (Å²) in [7, 11) is -3.31. The van der Waals surface area contributed by atoms with E-state index in [1.165, 1.54) is 0 Å². The van der Waals surface area contributed by atoms with Gasteiger partial charge in [0.05, 0.1) is 11.3 Å². The maximum atomic E-state index is 12.0. The van der Waals surface area contributed by atoms with Crippen LogP contribution in [0, 0.1) is 5.41 Å². The fourth-order valence-corrected chi connectivity index (χ4v) is 3.87. The number of nitrogens with one attached hydrogen (secondary N) is 2. The van der Waals surface area contributed by atoms with Crippen molar-refractivity contribution in [2.45, 2.75) is 56.7 Å². The highest BCUT2D eigenvalue weighted by Gasteiger charge is 2.29. The Labute approximate surface area is 97.4 Å². The summed E-state index contributed by atoms with van der Waals surface area (Å²) >= 11 is 0. The molecule has 0 aliphatic heterocycles. The molecule has 0 bridgehead atoms. The Hall–Kier alpha value is -0.620. The van der Waals surface area contributed by atoms with E-state index in [2.05, 4.69) is 4.72 Å². The van der Waals surface area contributed by atoms with Crippen LogP contribution in [0.1, 0.15) is 45.4 Å². The van der Waals surface area contributed by atoms with Gasteiger partial charge in [-0.15, -0.1) is 0 Å². The van der Waals surface area contributed by atoms with Crippen LogP contribution in [0.25, 0.3) is 0 Å². The Kier molecular flexibility index (Phi) is 4.73. The van der Waals surface area contributed by atoms with Gasteiger partial charge in [0, 0.05) is 0 Å². The Balaban J connectivity index is 2.65. The molecule has 0 saturated heterocycles. The maximum absolute atomic E-state index is 12.0.